The third kappa shape index (κ3) is 3.20. The Kier molecular flexibility index (Phi) is 3.71. The van der Waals surface area contributed by atoms with Crippen LogP contribution in [0.25, 0.3) is 0 Å². The molecule has 0 unspecified atom stereocenters. The van der Waals surface area contributed by atoms with Crippen LogP contribution in [0.1, 0.15) is 38.0 Å². The molecule has 2 aromatic rings. The summed E-state index contributed by atoms with van der Waals surface area (Å²) in [6.07, 6.45) is 1.29. The molecule has 0 atom stereocenters. The van der Waals surface area contributed by atoms with E-state index in [0.29, 0.717) is 29.2 Å². The number of hydrogen-bond donors (Lipinski definition) is 1. The van der Waals surface area contributed by atoms with Crippen molar-refractivity contribution >= 4 is 17.4 Å². The van der Waals surface area contributed by atoms with Gasteiger partial charge in [0.05, 0.1) is 6.54 Å². The zero-order valence-corrected chi connectivity index (χ0v) is 12.1. The molecule has 0 aliphatic carbocycles. The van der Waals surface area contributed by atoms with Crippen molar-refractivity contribution in [1.82, 2.24) is 20.1 Å². The molecule has 19 heavy (non-hydrogen) atoms. The highest BCUT2D eigenvalue weighted by atomic mass is 35.5. The van der Waals surface area contributed by atoms with Gasteiger partial charge >= 0.3 is 0 Å². The average Bonchev–Trinajstić information content (AvgIpc) is 2.82. The molecule has 0 fully saturated rings. The Hall–Kier alpha value is -1.69. The van der Waals surface area contributed by atoms with Crippen molar-refractivity contribution in [1.29, 1.82) is 0 Å². The average molecular weight is 282 g/mol. The molecule has 0 spiro atoms. The molecular formula is C12H16ClN5O. The van der Waals surface area contributed by atoms with Crippen molar-refractivity contribution in [3.05, 3.63) is 28.8 Å². The van der Waals surface area contributed by atoms with Crippen LogP contribution < -0.4 is 5.32 Å². The number of nitrogens with one attached hydrogen (secondary N) is 1. The van der Waals surface area contributed by atoms with Crippen LogP contribution in [0.4, 0.5) is 5.82 Å². The first-order chi connectivity index (χ1) is 8.88. The lowest BCUT2D eigenvalue weighted by atomic mass is 9.95. The van der Waals surface area contributed by atoms with Gasteiger partial charge in [-0.3, -0.25) is 0 Å². The first kappa shape index (κ1) is 13.7. The van der Waals surface area contributed by atoms with Crippen LogP contribution in [-0.4, -0.2) is 20.1 Å². The fourth-order valence-electron chi connectivity index (χ4n) is 1.43. The molecule has 0 bridgehead atoms. The minimum Gasteiger partial charge on any atom is -0.362 e. The Morgan fingerprint density at radius 1 is 1.32 bits per heavy atom. The maximum absolute atomic E-state index is 6.14. The van der Waals surface area contributed by atoms with Crippen LogP contribution >= 0.6 is 11.6 Å². The molecule has 0 saturated carbocycles. The van der Waals surface area contributed by atoms with Crippen molar-refractivity contribution in [2.45, 2.75) is 39.7 Å². The maximum Gasteiger partial charge on any atom is 0.213 e. The molecule has 0 radical (unpaired) electrons. The molecule has 2 aromatic heterocycles. The van der Waals surface area contributed by atoms with Crippen molar-refractivity contribution < 1.29 is 4.52 Å². The van der Waals surface area contributed by atoms with Gasteiger partial charge in [0.2, 0.25) is 6.39 Å². The summed E-state index contributed by atoms with van der Waals surface area (Å²) in [4.78, 5) is 12.8. The van der Waals surface area contributed by atoms with Crippen LogP contribution in [0, 0.1) is 6.92 Å². The Labute approximate surface area is 116 Å². The summed E-state index contributed by atoms with van der Waals surface area (Å²) in [7, 11) is 0. The highest BCUT2D eigenvalue weighted by Crippen LogP contribution is 2.26. The summed E-state index contributed by atoms with van der Waals surface area (Å²) in [6.45, 7) is 8.41. The number of anilines is 1. The van der Waals surface area contributed by atoms with Gasteiger partial charge in [0.1, 0.15) is 16.8 Å². The third-order valence-electron chi connectivity index (χ3n) is 2.58. The molecule has 2 rings (SSSR count). The summed E-state index contributed by atoms with van der Waals surface area (Å²) < 4.78 is 4.67. The van der Waals surface area contributed by atoms with Gasteiger partial charge in [-0.15, -0.1) is 0 Å². The summed E-state index contributed by atoms with van der Waals surface area (Å²) in [5.41, 5.74) is 0.637. The number of hydrogen-bond acceptors (Lipinski definition) is 6. The van der Waals surface area contributed by atoms with E-state index in [-0.39, 0.29) is 5.41 Å². The fourth-order valence-corrected chi connectivity index (χ4v) is 1.60. The quantitative estimate of drug-likeness (QED) is 0.872. The Morgan fingerprint density at radius 2 is 2.05 bits per heavy atom. The standard InChI is InChI=1S/C12H16ClN5O/c1-7-9(13)16-11(12(2,3)4)17-10(7)14-5-8-15-6-19-18-8/h6H,5H2,1-4H3,(H,14,16,17). The topological polar surface area (TPSA) is 76.7 Å². The maximum atomic E-state index is 6.14. The van der Waals surface area contributed by atoms with Crippen LogP contribution in [0.15, 0.2) is 10.9 Å². The van der Waals surface area contributed by atoms with Crippen molar-refractivity contribution in [2.75, 3.05) is 5.32 Å². The molecular weight excluding hydrogens is 266 g/mol. The normalized spacial score (nSPS) is 11.6. The van der Waals surface area contributed by atoms with E-state index in [1.807, 2.05) is 27.7 Å². The van der Waals surface area contributed by atoms with Gasteiger partial charge in [-0.25, -0.2) is 9.97 Å². The van der Waals surface area contributed by atoms with Gasteiger partial charge in [-0.1, -0.05) is 37.5 Å². The van der Waals surface area contributed by atoms with E-state index in [4.69, 9.17) is 11.6 Å². The van der Waals surface area contributed by atoms with Gasteiger partial charge in [0.25, 0.3) is 0 Å². The molecule has 0 saturated heterocycles. The van der Waals surface area contributed by atoms with E-state index < -0.39 is 0 Å². The summed E-state index contributed by atoms with van der Waals surface area (Å²) >= 11 is 6.14. The second kappa shape index (κ2) is 5.13. The van der Waals surface area contributed by atoms with E-state index in [0.717, 1.165) is 5.56 Å². The minimum absolute atomic E-state index is 0.167. The molecule has 0 aliphatic heterocycles. The predicted octanol–water partition coefficient (Wildman–Crippen LogP) is 2.73. The van der Waals surface area contributed by atoms with Gasteiger partial charge < -0.3 is 9.84 Å². The molecule has 0 amide bonds. The highest BCUT2D eigenvalue weighted by molar-refractivity contribution is 6.30. The summed E-state index contributed by atoms with van der Waals surface area (Å²) in [5, 5.41) is 7.33. The molecule has 7 heteroatoms. The lowest BCUT2D eigenvalue weighted by Gasteiger charge is -2.19. The first-order valence-electron chi connectivity index (χ1n) is 5.91. The summed E-state index contributed by atoms with van der Waals surface area (Å²) in [6, 6.07) is 0. The Balaban J connectivity index is 2.26. The van der Waals surface area contributed by atoms with Crippen LogP contribution in [0.2, 0.25) is 5.15 Å². The van der Waals surface area contributed by atoms with E-state index >= 15 is 0 Å². The van der Waals surface area contributed by atoms with Crippen LogP contribution in [-0.2, 0) is 12.0 Å². The van der Waals surface area contributed by atoms with E-state index in [9.17, 15) is 0 Å². The van der Waals surface area contributed by atoms with Gasteiger partial charge in [0.15, 0.2) is 5.82 Å². The number of nitrogens with zero attached hydrogens (tertiary/aromatic N) is 4. The second-order valence-corrected chi connectivity index (χ2v) is 5.62. The SMILES string of the molecule is Cc1c(Cl)nc(C(C)(C)C)nc1NCc1ncon1. The van der Waals surface area contributed by atoms with E-state index in [1.165, 1.54) is 6.39 Å². The number of aromatic nitrogens is 4. The fraction of sp³-hybridized carbons (Fsp3) is 0.500. The third-order valence-corrected chi connectivity index (χ3v) is 2.95. The van der Waals surface area contributed by atoms with Crippen molar-refractivity contribution in [2.24, 2.45) is 0 Å². The smallest absolute Gasteiger partial charge is 0.213 e. The van der Waals surface area contributed by atoms with Gasteiger partial charge in [-0.05, 0) is 6.92 Å². The zero-order valence-electron chi connectivity index (χ0n) is 11.4. The second-order valence-electron chi connectivity index (χ2n) is 5.26. The predicted molar refractivity (Wildman–Crippen MR) is 72.1 cm³/mol. The van der Waals surface area contributed by atoms with Crippen LogP contribution in [0.5, 0.6) is 0 Å². The molecule has 2 heterocycles. The molecule has 1 N–H and O–H groups in total. The first-order valence-corrected chi connectivity index (χ1v) is 6.29. The highest BCUT2D eigenvalue weighted by Gasteiger charge is 2.20. The van der Waals surface area contributed by atoms with E-state index in [2.05, 4.69) is 29.9 Å². The lowest BCUT2D eigenvalue weighted by Crippen LogP contribution is -2.18. The zero-order chi connectivity index (χ0) is 14.0. The molecule has 0 aromatic carbocycles. The number of rotatable bonds is 3. The molecule has 102 valence electrons. The monoisotopic (exact) mass is 281 g/mol. The van der Waals surface area contributed by atoms with Crippen molar-refractivity contribution in [3.63, 3.8) is 0 Å². The van der Waals surface area contributed by atoms with Crippen LogP contribution in [0.3, 0.4) is 0 Å². The van der Waals surface area contributed by atoms with Gasteiger partial charge in [0, 0.05) is 11.0 Å². The largest absolute Gasteiger partial charge is 0.362 e. The van der Waals surface area contributed by atoms with E-state index in [1.54, 1.807) is 0 Å². The Bertz CT molecular complexity index is 562. The molecule has 6 nitrogen and oxygen atoms in total. The lowest BCUT2D eigenvalue weighted by molar-refractivity contribution is 0.411. The van der Waals surface area contributed by atoms with Crippen molar-refractivity contribution in [3.8, 4) is 0 Å². The molecule has 0 aliphatic rings. The summed E-state index contributed by atoms with van der Waals surface area (Å²) in [5.74, 6) is 1.94. The van der Waals surface area contributed by atoms with Gasteiger partial charge in [-0.2, -0.15) is 4.98 Å². The number of halogens is 1. The Morgan fingerprint density at radius 3 is 2.63 bits per heavy atom. The minimum atomic E-state index is -0.167.